The van der Waals surface area contributed by atoms with Gasteiger partial charge >= 0.3 is 12.3 Å². The van der Waals surface area contributed by atoms with E-state index in [0.29, 0.717) is 31.8 Å². The Morgan fingerprint density at radius 3 is 2.24 bits per heavy atom. The molecule has 1 saturated heterocycles. The van der Waals surface area contributed by atoms with E-state index in [4.69, 9.17) is 4.74 Å². The van der Waals surface area contributed by atoms with Gasteiger partial charge in [-0.1, -0.05) is 0 Å². The Bertz CT molecular complexity index is 655. The van der Waals surface area contributed by atoms with Crippen molar-refractivity contribution in [3.05, 3.63) is 11.6 Å². The number of carbonyl (C=O) groups excluding carboxylic acids is 1. The maximum absolute atomic E-state index is 12.9. The minimum atomic E-state index is -4.48. The standard InChI is InChI=1S/C16H23F3N4O2/c1-14(2,3)25-13(24)22-7-4-15(5-8-22)6-9-23-11(10-15)20-21-12(23)16(17,18)19/h4-10H2,1-3H3. The molecular weight excluding hydrogens is 337 g/mol. The molecule has 0 N–H and O–H groups in total. The number of rotatable bonds is 0. The van der Waals surface area contributed by atoms with Crippen LogP contribution in [-0.4, -0.2) is 44.4 Å². The molecular formula is C16H23F3N4O2. The molecule has 0 bridgehead atoms. The molecule has 1 aromatic heterocycles. The van der Waals surface area contributed by atoms with Crippen molar-refractivity contribution >= 4 is 6.09 Å². The summed E-state index contributed by atoms with van der Waals surface area (Å²) in [5, 5.41) is 7.10. The number of hydrogen-bond acceptors (Lipinski definition) is 4. The first kappa shape index (κ1) is 18.0. The number of fused-ring (bicyclic) bond motifs is 1. The highest BCUT2D eigenvalue weighted by Crippen LogP contribution is 2.43. The van der Waals surface area contributed by atoms with Gasteiger partial charge in [-0.05, 0) is 45.4 Å². The van der Waals surface area contributed by atoms with Crippen LogP contribution in [0.15, 0.2) is 0 Å². The number of aromatic nitrogens is 3. The lowest BCUT2D eigenvalue weighted by atomic mass is 9.71. The fourth-order valence-corrected chi connectivity index (χ4v) is 3.60. The zero-order valence-corrected chi connectivity index (χ0v) is 14.7. The van der Waals surface area contributed by atoms with Gasteiger partial charge in [0.15, 0.2) is 0 Å². The number of halogens is 3. The molecule has 3 heterocycles. The second-order valence-electron chi connectivity index (χ2n) is 7.98. The summed E-state index contributed by atoms with van der Waals surface area (Å²) >= 11 is 0. The summed E-state index contributed by atoms with van der Waals surface area (Å²) in [6.07, 6.45) is -2.22. The lowest BCUT2D eigenvalue weighted by Crippen LogP contribution is -2.47. The fourth-order valence-electron chi connectivity index (χ4n) is 3.60. The third-order valence-corrected chi connectivity index (χ3v) is 4.96. The van der Waals surface area contributed by atoms with Crippen molar-refractivity contribution in [1.29, 1.82) is 0 Å². The van der Waals surface area contributed by atoms with Crippen molar-refractivity contribution < 1.29 is 22.7 Å². The highest BCUT2D eigenvalue weighted by atomic mass is 19.4. The molecule has 140 valence electrons. The first-order valence-electron chi connectivity index (χ1n) is 8.46. The fraction of sp³-hybridized carbons (Fsp3) is 0.812. The number of hydrogen-bond donors (Lipinski definition) is 0. The summed E-state index contributed by atoms with van der Waals surface area (Å²) in [5.74, 6) is -0.521. The Balaban J connectivity index is 1.65. The Kier molecular flexibility index (Phi) is 4.23. The summed E-state index contributed by atoms with van der Waals surface area (Å²) in [7, 11) is 0. The van der Waals surface area contributed by atoms with E-state index in [0.717, 1.165) is 12.8 Å². The Labute approximate surface area is 144 Å². The zero-order valence-electron chi connectivity index (χ0n) is 14.7. The largest absolute Gasteiger partial charge is 0.451 e. The van der Waals surface area contributed by atoms with Crippen LogP contribution < -0.4 is 0 Å². The molecule has 0 aliphatic carbocycles. The van der Waals surface area contributed by atoms with Gasteiger partial charge in [0.25, 0.3) is 0 Å². The normalized spacial score (nSPS) is 20.5. The van der Waals surface area contributed by atoms with Gasteiger partial charge in [-0.3, -0.25) is 0 Å². The van der Waals surface area contributed by atoms with Crippen LogP contribution in [0, 0.1) is 5.41 Å². The Hall–Kier alpha value is -1.80. The van der Waals surface area contributed by atoms with Gasteiger partial charge in [0.05, 0.1) is 0 Å². The van der Waals surface area contributed by atoms with E-state index in [9.17, 15) is 18.0 Å². The van der Waals surface area contributed by atoms with Gasteiger partial charge in [0.1, 0.15) is 11.4 Å². The molecule has 1 aromatic rings. The van der Waals surface area contributed by atoms with Crippen molar-refractivity contribution in [1.82, 2.24) is 19.7 Å². The second kappa shape index (κ2) is 5.88. The van der Waals surface area contributed by atoms with Crippen molar-refractivity contribution in [2.45, 2.75) is 64.8 Å². The zero-order chi connectivity index (χ0) is 18.5. The average Bonchev–Trinajstić information content (AvgIpc) is 2.89. The van der Waals surface area contributed by atoms with Crippen LogP contribution in [-0.2, 0) is 23.9 Å². The van der Waals surface area contributed by atoms with E-state index in [1.54, 1.807) is 4.90 Å². The van der Waals surface area contributed by atoms with Crippen LogP contribution in [0.2, 0.25) is 0 Å². The van der Waals surface area contributed by atoms with Crippen LogP contribution in [0.5, 0.6) is 0 Å². The molecule has 1 spiro atoms. The summed E-state index contributed by atoms with van der Waals surface area (Å²) in [6, 6.07) is 0. The van der Waals surface area contributed by atoms with Gasteiger partial charge in [0, 0.05) is 26.1 Å². The van der Waals surface area contributed by atoms with Crippen molar-refractivity contribution in [3.63, 3.8) is 0 Å². The number of amides is 1. The van der Waals surface area contributed by atoms with Gasteiger partial charge < -0.3 is 14.2 Å². The second-order valence-corrected chi connectivity index (χ2v) is 7.98. The molecule has 1 amide bonds. The maximum atomic E-state index is 12.9. The smallest absolute Gasteiger partial charge is 0.444 e. The van der Waals surface area contributed by atoms with Crippen LogP contribution in [0.25, 0.3) is 0 Å². The average molecular weight is 360 g/mol. The minimum absolute atomic E-state index is 0.107. The van der Waals surface area contributed by atoms with Gasteiger partial charge in [0.2, 0.25) is 5.82 Å². The van der Waals surface area contributed by atoms with Crippen LogP contribution in [0.4, 0.5) is 18.0 Å². The SMILES string of the molecule is CC(C)(C)OC(=O)N1CCC2(CC1)CCn1c(nnc1C(F)(F)F)C2. The van der Waals surface area contributed by atoms with E-state index < -0.39 is 17.6 Å². The molecule has 2 aliphatic heterocycles. The summed E-state index contributed by atoms with van der Waals surface area (Å²) in [5.41, 5.74) is -0.647. The number of piperidine rings is 1. The number of likely N-dealkylation sites (tertiary alicyclic amines) is 1. The van der Waals surface area contributed by atoms with Gasteiger partial charge in [-0.2, -0.15) is 13.2 Å². The third-order valence-electron chi connectivity index (χ3n) is 4.96. The molecule has 3 rings (SSSR count). The number of ether oxygens (including phenoxy) is 1. The Morgan fingerprint density at radius 1 is 1.08 bits per heavy atom. The van der Waals surface area contributed by atoms with E-state index in [2.05, 4.69) is 10.2 Å². The maximum Gasteiger partial charge on any atom is 0.451 e. The molecule has 0 atom stereocenters. The minimum Gasteiger partial charge on any atom is -0.444 e. The molecule has 0 radical (unpaired) electrons. The number of nitrogens with zero attached hydrogens (tertiary/aromatic N) is 4. The Morgan fingerprint density at radius 2 is 1.68 bits per heavy atom. The van der Waals surface area contributed by atoms with E-state index >= 15 is 0 Å². The van der Waals surface area contributed by atoms with E-state index in [-0.39, 0.29) is 18.1 Å². The van der Waals surface area contributed by atoms with E-state index in [1.165, 1.54) is 4.57 Å². The monoisotopic (exact) mass is 360 g/mol. The third kappa shape index (κ3) is 3.74. The van der Waals surface area contributed by atoms with Gasteiger partial charge in [-0.25, -0.2) is 4.79 Å². The van der Waals surface area contributed by atoms with E-state index in [1.807, 2.05) is 20.8 Å². The molecule has 25 heavy (non-hydrogen) atoms. The van der Waals surface area contributed by atoms with Crippen molar-refractivity contribution in [3.8, 4) is 0 Å². The first-order chi connectivity index (χ1) is 11.5. The molecule has 0 aromatic carbocycles. The van der Waals surface area contributed by atoms with Crippen LogP contribution >= 0.6 is 0 Å². The van der Waals surface area contributed by atoms with Crippen LogP contribution in [0.1, 0.15) is 51.7 Å². The predicted molar refractivity (Wildman–Crippen MR) is 82.8 cm³/mol. The summed E-state index contributed by atoms with van der Waals surface area (Å²) in [4.78, 5) is 13.8. The predicted octanol–water partition coefficient (Wildman–Crippen LogP) is 3.26. The quantitative estimate of drug-likeness (QED) is 0.713. The highest BCUT2D eigenvalue weighted by molar-refractivity contribution is 5.68. The van der Waals surface area contributed by atoms with Gasteiger partial charge in [-0.15, -0.1) is 10.2 Å². The van der Waals surface area contributed by atoms with Crippen molar-refractivity contribution in [2.24, 2.45) is 5.41 Å². The van der Waals surface area contributed by atoms with Crippen molar-refractivity contribution in [2.75, 3.05) is 13.1 Å². The molecule has 1 fully saturated rings. The molecule has 0 saturated carbocycles. The van der Waals surface area contributed by atoms with Crippen LogP contribution in [0.3, 0.4) is 0 Å². The molecule has 2 aliphatic rings. The summed E-state index contributed by atoms with van der Waals surface area (Å²) < 4.78 is 45.4. The molecule has 9 heteroatoms. The molecule has 0 unspecified atom stereocenters. The highest BCUT2D eigenvalue weighted by Gasteiger charge is 2.44. The first-order valence-corrected chi connectivity index (χ1v) is 8.46. The lowest BCUT2D eigenvalue weighted by Gasteiger charge is -2.44. The topological polar surface area (TPSA) is 60.2 Å². The lowest BCUT2D eigenvalue weighted by molar-refractivity contribution is -0.148. The number of alkyl halides is 3. The molecule has 6 nitrogen and oxygen atoms in total. The summed E-state index contributed by atoms with van der Waals surface area (Å²) in [6.45, 7) is 6.83. The number of carbonyl (C=O) groups is 1.